The summed E-state index contributed by atoms with van der Waals surface area (Å²) < 4.78 is 0. The van der Waals surface area contributed by atoms with Crippen molar-refractivity contribution in [3.8, 4) is 6.07 Å². The Bertz CT molecular complexity index is 751. The SMILES string of the molecule is N#C/C(=C/NCc1ccccc1Cl)C(=O)NCCc1ccccc1. The standard InChI is InChI=1S/C19H18ClN3O/c20-18-9-5-4-8-16(18)13-22-14-17(12-21)19(24)23-11-10-15-6-2-1-3-7-15/h1-9,14,22H,10-11,13H2,(H,23,24)/b17-14-. The first-order valence-electron chi connectivity index (χ1n) is 7.60. The van der Waals surface area contributed by atoms with Crippen LogP contribution in [0.5, 0.6) is 0 Å². The molecule has 24 heavy (non-hydrogen) atoms. The second kappa shape index (κ2) is 9.39. The lowest BCUT2D eigenvalue weighted by atomic mass is 10.1. The molecule has 2 rings (SSSR count). The second-order valence-corrected chi connectivity index (χ2v) is 5.54. The van der Waals surface area contributed by atoms with Gasteiger partial charge < -0.3 is 10.6 Å². The average molecular weight is 340 g/mol. The van der Waals surface area contributed by atoms with E-state index in [0.29, 0.717) is 18.1 Å². The minimum absolute atomic E-state index is 0.0371. The number of hydrogen-bond donors (Lipinski definition) is 2. The van der Waals surface area contributed by atoms with Crippen LogP contribution in [0.15, 0.2) is 66.4 Å². The number of nitrogens with one attached hydrogen (secondary N) is 2. The molecular weight excluding hydrogens is 322 g/mol. The summed E-state index contributed by atoms with van der Waals surface area (Å²) in [6.45, 7) is 0.925. The zero-order chi connectivity index (χ0) is 17.2. The number of amides is 1. The van der Waals surface area contributed by atoms with Gasteiger partial charge in [-0.25, -0.2) is 0 Å². The molecule has 4 nitrogen and oxygen atoms in total. The molecule has 2 aromatic rings. The van der Waals surface area contributed by atoms with Crippen molar-refractivity contribution in [2.75, 3.05) is 6.54 Å². The van der Waals surface area contributed by atoms with E-state index in [4.69, 9.17) is 16.9 Å². The lowest BCUT2D eigenvalue weighted by Crippen LogP contribution is -2.27. The van der Waals surface area contributed by atoms with Crippen molar-refractivity contribution in [1.82, 2.24) is 10.6 Å². The van der Waals surface area contributed by atoms with Crippen LogP contribution in [0.25, 0.3) is 0 Å². The molecule has 0 bridgehead atoms. The molecule has 0 aliphatic heterocycles. The van der Waals surface area contributed by atoms with Gasteiger partial charge in [0.1, 0.15) is 11.6 Å². The Kier molecular flexibility index (Phi) is 6.88. The Labute approximate surface area is 146 Å². The van der Waals surface area contributed by atoms with Crippen molar-refractivity contribution < 1.29 is 4.79 Å². The third kappa shape index (κ3) is 5.45. The summed E-state index contributed by atoms with van der Waals surface area (Å²) in [6, 6.07) is 19.2. The van der Waals surface area contributed by atoms with Crippen LogP contribution in [-0.2, 0) is 17.8 Å². The fraction of sp³-hybridized carbons (Fsp3) is 0.158. The highest BCUT2D eigenvalue weighted by atomic mass is 35.5. The minimum Gasteiger partial charge on any atom is -0.386 e. The largest absolute Gasteiger partial charge is 0.386 e. The minimum atomic E-state index is -0.389. The molecule has 2 aromatic carbocycles. The second-order valence-electron chi connectivity index (χ2n) is 5.13. The quantitative estimate of drug-likeness (QED) is 0.601. The van der Waals surface area contributed by atoms with E-state index in [0.717, 1.165) is 17.5 Å². The first-order chi connectivity index (χ1) is 11.7. The number of nitriles is 1. The van der Waals surface area contributed by atoms with Crippen LogP contribution in [0.2, 0.25) is 5.02 Å². The molecule has 0 spiro atoms. The van der Waals surface area contributed by atoms with Gasteiger partial charge in [0.2, 0.25) is 0 Å². The maximum atomic E-state index is 12.0. The number of nitrogens with zero attached hydrogens (tertiary/aromatic N) is 1. The smallest absolute Gasteiger partial charge is 0.263 e. The summed E-state index contributed by atoms with van der Waals surface area (Å²) in [5.74, 6) is -0.389. The van der Waals surface area contributed by atoms with Crippen LogP contribution in [0.1, 0.15) is 11.1 Å². The van der Waals surface area contributed by atoms with Gasteiger partial charge in [-0.05, 0) is 23.6 Å². The maximum Gasteiger partial charge on any atom is 0.263 e. The van der Waals surface area contributed by atoms with Crippen LogP contribution in [0.3, 0.4) is 0 Å². The van der Waals surface area contributed by atoms with E-state index in [1.165, 1.54) is 6.20 Å². The highest BCUT2D eigenvalue weighted by Crippen LogP contribution is 2.14. The van der Waals surface area contributed by atoms with Gasteiger partial charge in [-0.1, -0.05) is 60.1 Å². The molecular formula is C19H18ClN3O. The van der Waals surface area contributed by atoms with Gasteiger partial charge in [0.25, 0.3) is 5.91 Å². The van der Waals surface area contributed by atoms with E-state index in [1.54, 1.807) is 6.07 Å². The molecule has 5 heteroatoms. The van der Waals surface area contributed by atoms with Crippen LogP contribution < -0.4 is 10.6 Å². The summed E-state index contributed by atoms with van der Waals surface area (Å²) in [5.41, 5.74) is 2.07. The van der Waals surface area contributed by atoms with Crippen molar-refractivity contribution in [2.45, 2.75) is 13.0 Å². The lowest BCUT2D eigenvalue weighted by Gasteiger charge is -2.06. The third-order valence-corrected chi connectivity index (χ3v) is 3.77. The Morgan fingerprint density at radius 3 is 2.54 bits per heavy atom. The normalized spacial score (nSPS) is 10.8. The molecule has 0 fully saturated rings. The Balaban J connectivity index is 1.82. The zero-order valence-corrected chi connectivity index (χ0v) is 13.9. The van der Waals surface area contributed by atoms with Gasteiger partial charge in [-0.2, -0.15) is 5.26 Å². The summed E-state index contributed by atoms with van der Waals surface area (Å²) in [5, 5.41) is 15.5. The Morgan fingerprint density at radius 1 is 1.12 bits per heavy atom. The molecule has 0 saturated heterocycles. The van der Waals surface area contributed by atoms with Crippen molar-refractivity contribution >= 4 is 17.5 Å². The van der Waals surface area contributed by atoms with Crippen molar-refractivity contribution in [3.63, 3.8) is 0 Å². The Morgan fingerprint density at radius 2 is 1.83 bits per heavy atom. The molecule has 2 N–H and O–H groups in total. The van der Waals surface area contributed by atoms with Crippen LogP contribution in [0.4, 0.5) is 0 Å². The average Bonchev–Trinajstić information content (AvgIpc) is 2.61. The fourth-order valence-corrected chi connectivity index (χ4v) is 2.32. The van der Waals surface area contributed by atoms with Crippen LogP contribution >= 0.6 is 11.6 Å². The first-order valence-corrected chi connectivity index (χ1v) is 7.97. The van der Waals surface area contributed by atoms with E-state index in [9.17, 15) is 4.79 Å². The van der Waals surface area contributed by atoms with Gasteiger partial charge in [0, 0.05) is 24.3 Å². The van der Waals surface area contributed by atoms with Crippen molar-refractivity contribution in [3.05, 3.63) is 82.5 Å². The van der Waals surface area contributed by atoms with Crippen molar-refractivity contribution in [1.29, 1.82) is 5.26 Å². The maximum absolute atomic E-state index is 12.0. The summed E-state index contributed by atoms with van der Waals surface area (Å²) in [4.78, 5) is 12.0. The van der Waals surface area contributed by atoms with Crippen LogP contribution in [0, 0.1) is 11.3 Å². The predicted octanol–water partition coefficient (Wildman–Crippen LogP) is 3.20. The van der Waals surface area contributed by atoms with Crippen LogP contribution in [-0.4, -0.2) is 12.5 Å². The summed E-state index contributed by atoms with van der Waals surface area (Å²) in [7, 11) is 0. The molecule has 1 amide bonds. The highest BCUT2D eigenvalue weighted by Gasteiger charge is 2.08. The van der Waals surface area contributed by atoms with Gasteiger partial charge in [-0.15, -0.1) is 0 Å². The molecule has 0 aliphatic carbocycles. The van der Waals surface area contributed by atoms with Crippen molar-refractivity contribution in [2.24, 2.45) is 0 Å². The number of rotatable bonds is 7. The molecule has 0 radical (unpaired) electrons. The topological polar surface area (TPSA) is 64.9 Å². The number of halogens is 1. The van der Waals surface area contributed by atoms with E-state index in [-0.39, 0.29) is 11.5 Å². The van der Waals surface area contributed by atoms with E-state index >= 15 is 0 Å². The fourth-order valence-electron chi connectivity index (χ4n) is 2.11. The first kappa shape index (κ1) is 17.6. The molecule has 0 unspecified atom stereocenters. The highest BCUT2D eigenvalue weighted by molar-refractivity contribution is 6.31. The monoisotopic (exact) mass is 339 g/mol. The number of carbonyl (C=O) groups is 1. The number of carbonyl (C=O) groups excluding carboxylic acids is 1. The van der Waals surface area contributed by atoms with Gasteiger partial charge >= 0.3 is 0 Å². The lowest BCUT2D eigenvalue weighted by molar-refractivity contribution is -0.117. The summed E-state index contributed by atoms with van der Waals surface area (Å²) in [6.07, 6.45) is 2.14. The number of benzene rings is 2. The third-order valence-electron chi connectivity index (χ3n) is 3.40. The molecule has 0 heterocycles. The molecule has 0 aromatic heterocycles. The van der Waals surface area contributed by atoms with E-state index < -0.39 is 0 Å². The van der Waals surface area contributed by atoms with Gasteiger partial charge in [0.15, 0.2) is 0 Å². The van der Waals surface area contributed by atoms with E-state index in [1.807, 2.05) is 54.6 Å². The molecule has 122 valence electrons. The predicted molar refractivity (Wildman–Crippen MR) is 95.1 cm³/mol. The zero-order valence-electron chi connectivity index (χ0n) is 13.1. The van der Waals surface area contributed by atoms with Gasteiger partial charge in [-0.3, -0.25) is 4.79 Å². The van der Waals surface area contributed by atoms with E-state index in [2.05, 4.69) is 10.6 Å². The molecule has 0 atom stereocenters. The number of hydrogen-bond acceptors (Lipinski definition) is 3. The van der Waals surface area contributed by atoms with Gasteiger partial charge in [0.05, 0.1) is 0 Å². The Hall–Kier alpha value is -2.77. The molecule has 0 saturated carbocycles. The molecule has 0 aliphatic rings. The summed E-state index contributed by atoms with van der Waals surface area (Å²) >= 11 is 6.06.